The average molecular weight is 372 g/mol. The topological polar surface area (TPSA) is 98.7 Å². The summed E-state index contributed by atoms with van der Waals surface area (Å²) >= 11 is 0. The number of nitrogens with two attached hydrogens (primary N) is 1. The zero-order chi connectivity index (χ0) is 19.7. The second kappa shape index (κ2) is 7.11. The number of pyridine rings is 1. The smallest absolute Gasteiger partial charge is 0.248 e. The van der Waals surface area contributed by atoms with Crippen molar-refractivity contribution in [3.63, 3.8) is 0 Å². The van der Waals surface area contributed by atoms with E-state index in [-0.39, 0.29) is 0 Å². The molecule has 3 aromatic heterocycles. The molecule has 0 unspecified atom stereocenters. The number of carbonyl (C=O) groups excluding carboxylic acids is 1. The van der Waals surface area contributed by atoms with E-state index in [4.69, 9.17) is 5.73 Å². The van der Waals surface area contributed by atoms with Gasteiger partial charge >= 0.3 is 0 Å². The zero-order valence-corrected chi connectivity index (χ0v) is 15.6. The highest BCUT2D eigenvalue weighted by atomic mass is 16.1. The zero-order valence-electron chi connectivity index (χ0n) is 15.6. The SMILES string of the molecule is CC(C)n1cc(-c2ccnc(Nc3cccc(C(N)=O)c3)n2)c2ccncc21. The summed E-state index contributed by atoms with van der Waals surface area (Å²) in [6.07, 6.45) is 7.46. The van der Waals surface area contributed by atoms with E-state index >= 15 is 0 Å². The molecule has 3 heterocycles. The van der Waals surface area contributed by atoms with Crippen LogP contribution in [0.4, 0.5) is 11.6 Å². The number of hydrogen-bond acceptors (Lipinski definition) is 5. The number of nitrogens with one attached hydrogen (secondary N) is 1. The predicted molar refractivity (Wildman–Crippen MR) is 109 cm³/mol. The van der Waals surface area contributed by atoms with Gasteiger partial charge in [-0.05, 0) is 44.2 Å². The van der Waals surface area contributed by atoms with E-state index in [9.17, 15) is 4.79 Å². The number of carbonyl (C=O) groups is 1. The van der Waals surface area contributed by atoms with Crippen molar-refractivity contribution in [1.29, 1.82) is 0 Å². The molecular formula is C21H20N6O. The second-order valence-corrected chi connectivity index (χ2v) is 6.77. The normalized spacial score (nSPS) is 11.1. The molecule has 0 saturated carbocycles. The Hall–Kier alpha value is -3.74. The first kappa shape index (κ1) is 17.7. The van der Waals surface area contributed by atoms with Crippen LogP contribution in [-0.2, 0) is 0 Å². The largest absolute Gasteiger partial charge is 0.366 e. The number of fused-ring (bicyclic) bond motifs is 1. The Morgan fingerprint density at radius 3 is 2.82 bits per heavy atom. The lowest BCUT2D eigenvalue weighted by Crippen LogP contribution is -2.11. The van der Waals surface area contributed by atoms with Gasteiger partial charge in [0.15, 0.2) is 0 Å². The van der Waals surface area contributed by atoms with Crippen molar-refractivity contribution in [2.45, 2.75) is 19.9 Å². The van der Waals surface area contributed by atoms with Crippen molar-refractivity contribution in [3.05, 3.63) is 66.7 Å². The maximum atomic E-state index is 11.4. The minimum atomic E-state index is -0.478. The minimum Gasteiger partial charge on any atom is -0.366 e. The van der Waals surface area contributed by atoms with Crippen LogP contribution in [0, 0.1) is 0 Å². The Labute approximate surface area is 162 Å². The van der Waals surface area contributed by atoms with Gasteiger partial charge in [0.2, 0.25) is 11.9 Å². The number of rotatable bonds is 5. The second-order valence-electron chi connectivity index (χ2n) is 6.77. The molecule has 1 aromatic carbocycles. The summed E-state index contributed by atoms with van der Waals surface area (Å²) < 4.78 is 2.18. The van der Waals surface area contributed by atoms with Gasteiger partial charge < -0.3 is 15.6 Å². The molecule has 7 heteroatoms. The van der Waals surface area contributed by atoms with Crippen LogP contribution in [0.2, 0.25) is 0 Å². The summed E-state index contributed by atoms with van der Waals surface area (Å²) in [6, 6.07) is 11.1. The van der Waals surface area contributed by atoms with Crippen molar-refractivity contribution in [2.75, 3.05) is 5.32 Å². The van der Waals surface area contributed by atoms with E-state index in [0.29, 0.717) is 23.2 Å². The van der Waals surface area contributed by atoms with Gasteiger partial charge in [-0.3, -0.25) is 9.78 Å². The van der Waals surface area contributed by atoms with Gasteiger partial charge in [0, 0.05) is 46.8 Å². The highest BCUT2D eigenvalue weighted by Gasteiger charge is 2.14. The Kier molecular flexibility index (Phi) is 4.49. The molecule has 0 saturated heterocycles. The van der Waals surface area contributed by atoms with Crippen LogP contribution in [0.5, 0.6) is 0 Å². The standard InChI is InChI=1S/C21H20N6O/c1-13(2)27-12-17(16-6-8-23-11-19(16)27)18-7-9-24-21(26-18)25-15-5-3-4-14(10-15)20(22)28/h3-13H,1-2H3,(H2,22,28)(H,24,25,26). The third-order valence-electron chi connectivity index (χ3n) is 4.53. The molecular weight excluding hydrogens is 352 g/mol. The molecule has 0 aliphatic rings. The number of nitrogens with zero attached hydrogens (tertiary/aromatic N) is 4. The molecule has 140 valence electrons. The van der Waals surface area contributed by atoms with Crippen LogP contribution in [-0.4, -0.2) is 25.4 Å². The van der Waals surface area contributed by atoms with Crippen LogP contribution in [0.1, 0.15) is 30.2 Å². The highest BCUT2D eigenvalue weighted by molar-refractivity contribution is 5.95. The molecule has 4 aromatic rings. The third-order valence-corrected chi connectivity index (χ3v) is 4.53. The minimum absolute atomic E-state index is 0.302. The van der Waals surface area contributed by atoms with Crippen molar-refractivity contribution in [3.8, 4) is 11.3 Å². The Bertz CT molecular complexity index is 1160. The molecule has 0 aliphatic carbocycles. The van der Waals surface area contributed by atoms with Crippen LogP contribution < -0.4 is 11.1 Å². The number of primary amides is 1. The van der Waals surface area contributed by atoms with E-state index in [1.807, 2.05) is 24.4 Å². The molecule has 3 N–H and O–H groups in total. The monoisotopic (exact) mass is 372 g/mol. The molecule has 1 amide bonds. The lowest BCUT2D eigenvalue weighted by atomic mass is 10.1. The molecule has 0 spiro atoms. The number of amides is 1. The van der Waals surface area contributed by atoms with Crippen LogP contribution in [0.25, 0.3) is 22.2 Å². The van der Waals surface area contributed by atoms with Crippen molar-refractivity contribution in [2.24, 2.45) is 5.73 Å². The molecule has 4 rings (SSSR count). The summed E-state index contributed by atoms with van der Waals surface area (Å²) in [5.41, 5.74) is 9.36. The molecule has 7 nitrogen and oxygen atoms in total. The number of hydrogen-bond donors (Lipinski definition) is 2. The van der Waals surface area contributed by atoms with E-state index in [1.165, 1.54) is 0 Å². The third kappa shape index (κ3) is 3.29. The molecule has 28 heavy (non-hydrogen) atoms. The summed E-state index contributed by atoms with van der Waals surface area (Å²) in [7, 11) is 0. The summed E-state index contributed by atoms with van der Waals surface area (Å²) in [4.78, 5) is 24.6. The van der Waals surface area contributed by atoms with Crippen molar-refractivity contribution >= 4 is 28.4 Å². The van der Waals surface area contributed by atoms with E-state index in [1.54, 1.807) is 30.6 Å². The van der Waals surface area contributed by atoms with E-state index < -0.39 is 5.91 Å². The first-order valence-electron chi connectivity index (χ1n) is 8.98. The van der Waals surface area contributed by atoms with Crippen LogP contribution >= 0.6 is 0 Å². The number of anilines is 2. The number of aromatic nitrogens is 4. The van der Waals surface area contributed by atoms with Crippen molar-refractivity contribution in [1.82, 2.24) is 19.5 Å². The lowest BCUT2D eigenvalue weighted by Gasteiger charge is -2.08. The molecule has 0 radical (unpaired) electrons. The Morgan fingerprint density at radius 2 is 2.04 bits per heavy atom. The van der Waals surface area contributed by atoms with Gasteiger partial charge in [0.25, 0.3) is 0 Å². The molecule has 0 fully saturated rings. The Balaban J connectivity index is 1.73. The summed E-state index contributed by atoms with van der Waals surface area (Å²) in [5.74, 6) is -0.0351. The fourth-order valence-corrected chi connectivity index (χ4v) is 3.18. The molecule has 0 aliphatic heterocycles. The lowest BCUT2D eigenvalue weighted by molar-refractivity contribution is 0.100. The van der Waals surface area contributed by atoms with Gasteiger partial charge in [0.1, 0.15) is 0 Å². The van der Waals surface area contributed by atoms with Gasteiger partial charge in [-0.1, -0.05) is 6.07 Å². The first-order chi connectivity index (χ1) is 13.5. The summed E-state index contributed by atoms with van der Waals surface area (Å²) in [5, 5.41) is 4.22. The first-order valence-corrected chi connectivity index (χ1v) is 8.98. The maximum absolute atomic E-state index is 11.4. The van der Waals surface area contributed by atoms with Gasteiger partial charge in [-0.25, -0.2) is 9.97 Å². The van der Waals surface area contributed by atoms with Crippen LogP contribution in [0.15, 0.2) is 61.2 Å². The van der Waals surface area contributed by atoms with E-state index in [0.717, 1.165) is 22.2 Å². The maximum Gasteiger partial charge on any atom is 0.248 e. The number of benzene rings is 1. The van der Waals surface area contributed by atoms with Crippen LogP contribution in [0.3, 0.4) is 0 Å². The molecule has 0 atom stereocenters. The van der Waals surface area contributed by atoms with Gasteiger partial charge in [-0.2, -0.15) is 0 Å². The molecule has 0 bridgehead atoms. The average Bonchev–Trinajstić information content (AvgIpc) is 3.08. The van der Waals surface area contributed by atoms with Gasteiger partial charge in [-0.15, -0.1) is 0 Å². The summed E-state index contributed by atoms with van der Waals surface area (Å²) in [6.45, 7) is 4.27. The predicted octanol–water partition coefficient (Wildman–Crippen LogP) is 3.92. The fraction of sp³-hybridized carbons (Fsp3) is 0.143. The quantitative estimate of drug-likeness (QED) is 0.553. The van der Waals surface area contributed by atoms with Crippen molar-refractivity contribution < 1.29 is 4.79 Å². The van der Waals surface area contributed by atoms with E-state index in [2.05, 4.69) is 44.9 Å². The Morgan fingerprint density at radius 1 is 1.18 bits per heavy atom. The fourth-order valence-electron chi connectivity index (χ4n) is 3.18. The van der Waals surface area contributed by atoms with Gasteiger partial charge in [0.05, 0.1) is 17.4 Å². The highest BCUT2D eigenvalue weighted by Crippen LogP contribution is 2.31.